The van der Waals surface area contributed by atoms with E-state index in [9.17, 15) is 0 Å². The second-order valence-electron chi connectivity index (χ2n) is 1.04. The molecule has 0 aliphatic carbocycles. The molecule has 1 nitrogen and oxygen atoms in total. The summed E-state index contributed by atoms with van der Waals surface area (Å²) in [6.07, 6.45) is 0. The molecule has 0 atom stereocenters. The van der Waals surface area contributed by atoms with Crippen LogP contribution in [-0.2, 0) is 0 Å². The molecule has 8 heavy (non-hydrogen) atoms. The van der Waals surface area contributed by atoms with E-state index in [0.717, 1.165) is 5.70 Å². The smallest absolute Gasteiger partial charge is 0.0656 e. The van der Waals surface area contributed by atoms with Crippen LogP contribution in [0.3, 0.4) is 0 Å². The summed E-state index contributed by atoms with van der Waals surface area (Å²) >= 11 is 4.43. The monoisotopic (exact) mass is 131 g/mol. The molecule has 0 saturated carbocycles. The van der Waals surface area contributed by atoms with E-state index in [0.29, 0.717) is 0 Å². The van der Waals surface area contributed by atoms with Gasteiger partial charge in [-0.2, -0.15) is 0 Å². The zero-order valence-electron chi connectivity index (χ0n) is 5.69. The molecule has 0 rings (SSSR count). The topological polar surface area (TPSA) is 12.0 Å². The van der Waals surface area contributed by atoms with Crippen LogP contribution in [0.1, 0.15) is 20.8 Å². The third-order valence-corrected chi connectivity index (χ3v) is 0.423. The fraction of sp³-hybridized carbons (Fsp3) is 0.500. The second kappa shape index (κ2) is 9.80. The summed E-state index contributed by atoms with van der Waals surface area (Å²) in [5.41, 5.74) is 2.31. The molecule has 0 aliphatic heterocycles. The van der Waals surface area contributed by atoms with Gasteiger partial charge in [0.15, 0.2) is 0 Å². The largest absolute Gasteiger partial charge is 0.357 e. The number of allylic oxidation sites excluding steroid dienone is 1. The minimum Gasteiger partial charge on any atom is -0.357 e. The van der Waals surface area contributed by atoms with Gasteiger partial charge in [0.1, 0.15) is 0 Å². The maximum Gasteiger partial charge on any atom is 0.0656 e. The Balaban J connectivity index is 0. The van der Waals surface area contributed by atoms with Crippen LogP contribution in [0.5, 0.6) is 0 Å². The van der Waals surface area contributed by atoms with Crippen LogP contribution in [0.4, 0.5) is 0 Å². The Hall–Kier alpha value is -0.370. The standard InChI is InChI=1S/C4H7NS.C2H6/c1-4(2)5-3-6;1-2/h3H,1H2,2H3,(H,5,6);1-2H3. The van der Waals surface area contributed by atoms with Gasteiger partial charge in [-0.25, -0.2) is 0 Å². The molecule has 0 aromatic rings. The summed E-state index contributed by atoms with van der Waals surface area (Å²) in [7, 11) is 0. The van der Waals surface area contributed by atoms with E-state index < -0.39 is 0 Å². The minimum atomic E-state index is 0.880. The molecule has 0 fully saturated rings. The Morgan fingerprint density at radius 3 is 2.00 bits per heavy atom. The Bertz CT molecular complexity index is 68.9. The third kappa shape index (κ3) is 17.4. The van der Waals surface area contributed by atoms with Gasteiger partial charge in [-0.15, -0.1) is 0 Å². The predicted octanol–water partition coefficient (Wildman–Crippen LogP) is 2.09. The Morgan fingerprint density at radius 1 is 1.62 bits per heavy atom. The van der Waals surface area contributed by atoms with Crippen molar-refractivity contribution in [1.29, 1.82) is 0 Å². The van der Waals surface area contributed by atoms with Crippen LogP contribution >= 0.6 is 12.2 Å². The third-order valence-electron chi connectivity index (χ3n) is 0.305. The van der Waals surface area contributed by atoms with E-state index in [1.54, 1.807) is 0 Å². The van der Waals surface area contributed by atoms with Crippen molar-refractivity contribution in [1.82, 2.24) is 5.32 Å². The summed E-state index contributed by atoms with van der Waals surface area (Å²) in [6, 6.07) is 0. The molecular formula is C6H13NS. The Labute approximate surface area is 56.8 Å². The van der Waals surface area contributed by atoms with Crippen LogP contribution in [0.15, 0.2) is 12.3 Å². The van der Waals surface area contributed by atoms with E-state index in [1.807, 2.05) is 20.8 Å². The van der Waals surface area contributed by atoms with Gasteiger partial charge in [0.25, 0.3) is 0 Å². The van der Waals surface area contributed by atoms with Crippen molar-refractivity contribution < 1.29 is 0 Å². The molecule has 48 valence electrons. The van der Waals surface area contributed by atoms with Crippen molar-refractivity contribution in [3.63, 3.8) is 0 Å². The van der Waals surface area contributed by atoms with Gasteiger partial charge in [0.2, 0.25) is 0 Å². The van der Waals surface area contributed by atoms with E-state index in [2.05, 4.69) is 24.1 Å². The van der Waals surface area contributed by atoms with Crippen molar-refractivity contribution >= 4 is 17.7 Å². The van der Waals surface area contributed by atoms with Crippen LogP contribution in [0.2, 0.25) is 0 Å². The van der Waals surface area contributed by atoms with Crippen LogP contribution in [0.25, 0.3) is 0 Å². The molecule has 0 bridgehead atoms. The normalized spacial score (nSPS) is 5.88. The highest BCUT2D eigenvalue weighted by Gasteiger charge is 1.67. The van der Waals surface area contributed by atoms with Gasteiger partial charge in [-0.3, -0.25) is 0 Å². The highest BCUT2D eigenvalue weighted by Crippen LogP contribution is 1.70. The predicted molar refractivity (Wildman–Crippen MR) is 43.0 cm³/mol. The first-order valence-electron chi connectivity index (χ1n) is 2.63. The number of nitrogens with one attached hydrogen (secondary N) is 1. The lowest BCUT2D eigenvalue weighted by molar-refractivity contribution is 1.18. The van der Waals surface area contributed by atoms with Crippen molar-refractivity contribution in [2.75, 3.05) is 0 Å². The summed E-state index contributed by atoms with van der Waals surface area (Å²) in [5.74, 6) is 0. The number of rotatable bonds is 2. The lowest BCUT2D eigenvalue weighted by Gasteiger charge is -1.88. The average molecular weight is 131 g/mol. The van der Waals surface area contributed by atoms with Gasteiger partial charge < -0.3 is 5.32 Å². The van der Waals surface area contributed by atoms with Crippen LogP contribution in [0, 0.1) is 0 Å². The molecule has 0 aromatic heterocycles. The molecule has 0 amide bonds. The zero-order valence-corrected chi connectivity index (χ0v) is 6.51. The highest BCUT2D eigenvalue weighted by atomic mass is 32.1. The van der Waals surface area contributed by atoms with Crippen LogP contribution in [-0.4, -0.2) is 5.49 Å². The highest BCUT2D eigenvalue weighted by molar-refractivity contribution is 7.78. The summed E-state index contributed by atoms with van der Waals surface area (Å²) in [6.45, 7) is 9.39. The summed E-state index contributed by atoms with van der Waals surface area (Å²) in [4.78, 5) is 0. The molecule has 0 unspecified atom stereocenters. The maximum absolute atomic E-state index is 4.43. The lowest BCUT2D eigenvalue weighted by atomic mass is 10.6. The molecule has 1 N–H and O–H groups in total. The molecule has 0 radical (unpaired) electrons. The SMILES string of the molecule is C=C(C)NC=S.CC. The lowest BCUT2D eigenvalue weighted by Crippen LogP contribution is -2.02. The Kier molecular flexibility index (Phi) is 13.0. The van der Waals surface area contributed by atoms with E-state index in [1.165, 1.54) is 5.49 Å². The molecule has 0 saturated heterocycles. The van der Waals surface area contributed by atoms with Crippen molar-refractivity contribution in [2.24, 2.45) is 0 Å². The molecule has 0 aromatic carbocycles. The van der Waals surface area contributed by atoms with Gasteiger partial charge in [-0.05, 0) is 6.92 Å². The first-order chi connectivity index (χ1) is 3.77. The van der Waals surface area contributed by atoms with Gasteiger partial charge >= 0.3 is 0 Å². The second-order valence-corrected chi connectivity index (χ2v) is 1.28. The van der Waals surface area contributed by atoms with Crippen molar-refractivity contribution in [3.8, 4) is 0 Å². The van der Waals surface area contributed by atoms with Gasteiger partial charge in [-0.1, -0.05) is 32.6 Å². The van der Waals surface area contributed by atoms with E-state index in [4.69, 9.17) is 0 Å². The molecule has 0 aliphatic rings. The molecular weight excluding hydrogens is 118 g/mol. The maximum atomic E-state index is 4.43. The molecule has 2 heteroatoms. The number of thiocarbonyl (C=S) groups is 1. The molecule has 0 heterocycles. The first-order valence-corrected chi connectivity index (χ1v) is 3.10. The van der Waals surface area contributed by atoms with Gasteiger partial charge in [0.05, 0.1) is 5.49 Å². The van der Waals surface area contributed by atoms with Crippen molar-refractivity contribution in [3.05, 3.63) is 12.3 Å². The fourth-order valence-electron chi connectivity index (χ4n) is 0.101. The quantitative estimate of drug-likeness (QED) is 0.576. The van der Waals surface area contributed by atoms with Gasteiger partial charge in [0, 0.05) is 5.70 Å². The Morgan fingerprint density at radius 2 is 2.00 bits per heavy atom. The summed E-state index contributed by atoms with van der Waals surface area (Å²) < 4.78 is 0. The fourth-order valence-corrected chi connectivity index (χ4v) is 0.302. The number of hydrogen-bond acceptors (Lipinski definition) is 1. The van der Waals surface area contributed by atoms with E-state index in [-0.39, 0.29) is 0 Å². The zero-order chi connectivity index (χ0) is 6.99. The first kappa shape index (κ1) is 10.6. The van der Waals surface area contributed by atoms with E-state index >= 15 is 0 Å². The van der Waals surface area contributed by atoms with Crippen molar-refractivity contribution in [2.45, 2.75) is 20.8 Å². The number of hydrogen-bond donors (Lipinski definition) is 1. The minimum absolute atomic E-state index is 0.880. The van der Waals surface area contributed by atoms with Crippen LogP contribution < -0.4 is 5.32 Å². The molecule has 0 spiro atoms. The summed E-state index contributed by atoms with van der Waals surface area (Å²) in [5, 5.41) is 2.70. The average Bonchev–Trinajstić information content (AvgIpc) is 1.72.